The maximum absolute atomic E-state index is 6.46. The van der Waals surface area contributed by atoms with E-state index in [1.165, 1.54) is 0 Å². The lowest BCUT2D eigenvalue weighted by Gasteiger charge is -1.97. The van der Waals surface area contributed by atoms with Crippen molar-refractivity contribution in [3.8, 4) is 0 Å². The summed E-state index contributed by atoms with van der Waals surface area (Å²) in [6, 6.07) is 3.40. The first kappa shape index (κ1) is 6.95. The smallest absolute Gasteiger partial charge is 0.154 e. The van der Waals surface area contributed by atoms with Crippen LogP contribution in [0.15, 0.2) is 23.6 Å². The molecule has 1 aromatic heterocycles. The van der Waals surface area contributed by atoms with Gasteiger partial charge in [0.25, 0.3) is 0 Å². The Morgan fingerprint density at radius 3 is 3.10 bits per heavy atom. The second kappa shape index (κ2) is 3.12. The van der Waals surface area contributed by atoms with Crippen LogP contribution in [-0.4, -0.2) is 4.98 Å². The molecule has 0 aliphatic rings. The van der Waals surface area contributed by atoms with Crippen LogP contribution in [-0.2, 0) is 0 Å². The maximum atomic E-state index is 6.46. The molecule has 1 aromatic rings. The number of rotatable bonds is 2. The minimum Gasteiger partial charge on any atom is -0.257 e. The molecule has 0 fully saturated rings. The van der Waals surface area contributed by atoms with Gasteiger partial charge in [-0.2, -0.15) is 5.53 Å². The third-order valence-corrected chi connectivity index (χ3v) is 1.24. The van der Waals surface area contributed by atoms with E-state index < -0.39 is 0 Å². The molecule has 0 bridgehead atoms. The lowest BCUT2D eigenvalue weighted by Crippen LogP contribution is -1.87. The Hall–Kier alpha value is -1.16. The van der Waals surface area contributed by atoms with Crippen LogP contribution in [0.5, 0.6) is 0 Å². The monoisotopic (exact) mass is 156 g/mol. The standard InChI is InChI=1S/C5H5ClN4/c6-5-4(9-10-7)2-1-3-8-5/h1-3H,(H2,7,9). The van der Waals surface area contributed by atoms with E-state index in [-0.39, 0.29) is 0 Å². The van der Waals surface area contributed by atoms with Gasteiger partial charge in [-0.1, -0.05) is 16.8 Å². The van der Waals surface area contributed by atoms with Gasteiger partial charge in [0.2, 0.25) is 0 Å². The molecule has 10 heavy (non-hydrogen) atoms. The summed E-state index contributed by atoms with van der Waals surface area (Å²) in [6.07, 6.45) is 1.57. The molecule has 0 aliphatic heterocycles. The van der Waals surface area contributed by atoms with E-state index in [1.807, 2.05) is 0 Å². The minimum atomic E-state index is 0.318. The highest BCUT2D eigenvalue weighted by Crippen LogP contribution is 2.16. The fraction of sp³-hybridized carbons (Fsp3) is 0. The van der Waals surface area contributed by atoms with E-state index in [4.69, 9.17) is 17.1 Å². The number of anilines is 1. The topological polar surface area (TPSA) is 61.1 Å². The first-order valence-corrected chi connectivity index (χ1v) is 2.95. The summed E-state index contributed by atoms with van der Waals surface area (Å²) in [5.41, 5.74) is 9.38. The van der Waals surface area contributed by atoms with Crippen molar-refractivity contribution in [2.45, 2.75) is 0 Å². The van der Waals surface area contributed by atoms with Crippen LogP contribution in [0.3, 0.4) is 0 Å². The Bertz CT molecular complexity index is 237. The highest BCUT2D eigenvalue weighted by molar-refractivity contribution is 6.31. The van der Waals surface area contributed by atoms with Gasteiger partial charge in [-0.05, 0) is 12.1 Å². The Morgan fingerprint density at radius 1 is 1.70 bits per heavy atom. The number of halogens is 1. The zero-order valence-electron chi connectivity index (χ0n) is 5.00. The van der Waals surface area contributed by atoms with Crippen LogP contribution in [0.2, 0.25) is 5.15 Å². The molecule has 1 heterocycles. The Kier molecular flexibility index (Phi) is 2.17. The highest BCUT2D eigenvalue weighted by Gasteiger charge is 1.95. The highest BCUT2D eigenvalue weighted by atomic mass is 35.5. The van der Waals surface area contributed by atoms with Gasteiger partial charge in [-0.3, -0.25) is 5.43 Å². The third kappa shape index (κ3) is 1.41. The van der Waals surface area contributed by atoms with E-state index >= 15 is 0 Å². The first-order chi connectivity index (χ1) is 4.84. The number of aromatic nitrogens is 1. The predicted molar refractivity (Wildman–Crippen MR) is 38.0 cm³/mol. The average Bonchev–Trinajstić information content (AvgIpc) is 1.94. The number of nitrogens with one attached hydrogen (secondary N) is 2. The van der Waals surface area contributed by atoms with Crippen LogP contribution in [0.25, 0.3) is 0 Å². The summed E-state index contributed by atoms with van der Waals surface area (Å²) in [4.78, 5) is 3.76. The SMILES string of the molecule is N=NNc1cccnc1Cl. The molecule has 0 aromatic carbocycles. The summed E-state index contributed by atoms with van der Waals surface area (Å²) in [6.45, 7) is 0. The van der Waals surface area contributed by atoms with Gasteiger partial charge < -0.3 is 0 Å². The molecule has 1 rings (SSSR count). The summed E-state index contributed by atoms with van der Waals surface area (Å²) >= 11 is 5.59. The second-order valence-corrected chi connectivity index (χ2v) is 1.92. The van der Waals surface area contributed by atoms with Crippen molar-refractivity contribution in [1.82, 2.24) is 4.98 Å². The van der Waals surface area contributed by atoms with Crippen molar-refractivity contribution in [2.24, 2.45) is 5.22 Å². The van der Waals surface area contributed by atoms with E-state index in [1.54, 1.807) is 18.3 Å². The van der Waals surface area contributed by atoms with Gasteiger partial charge in [0, 0.05) is 6.20 Å². The van der Waals surface area contributed by atoms with E-state index in [0.29, 0.717) is 10.8 Å². The lowest BCUT2D eigenvalue weighted by atomic mass is 10.4. The molecule has 0 saturated heterocycles. The molecule has 52 valence electrons. The molecule has 2 N–H and O–H groups in total. The Morgan fingerprint density at radius 2 is 2.50 bits per heavy atom. The van der Waals surface area contributed by atoms with Crippen molar-refractivity contribution >= 4 is 17.3 Å². The van der Waals surface area contributed by atoms with Crippen LogP contribution in [0.1, 0.15) is 0 Å². The van der Waals surface area contributed by atoms with E-state index in [9.17, 15) is 0 Å². The zero-order valence-corrected chi connectivity index (χ0v) is 5.76. The van der Waals surface area contributed by atoms with Gasteiger partial charge >= 0.3 is 0 Å². The minimum absolute atomic E-state index is 0.318. The summed E-state index contributed by atoms with van der Waals surface area (Å²) in [5.74, 6) is 0. The molecule has 4 nitrogen and oxygen atoms in total. The summed E-state index contributed by atoms with van der Waals surface area (Å²) in [5, 5.41) is 3.26. The van der Waals surface area contributed by atoms with Crippen LogP contribution >= 0.6 is 11.6 Å². The Labute approximate surface area is 62.7 Å². The van der Waals surface area contributed by atoms with Crippen molar-refractivity contribution in [3.63, 3.8) is 0 Å². The van der Waals surface area contributed by atoms with Crippen molar-refractivity contribution in [2.75, 3.05) is 5.43 Å². The largest absolute Gasteiger partial charge is 0.257 e. The molecule has 0 amide bonds. The molecule has 0 radical (unpaired) electrons. The Balaban J connectivity index is 2.91. The zero-order chi connectivity index (χ0) is 7.40. The van der Waals surface area contributed by atoms with Gasteiger partial charge in [0.05, 0.1) is 5.69 Å². The van der Waals surface area contributed by atoms with Crippen molar-refractivity contribution < 1.29 is 0 Å². The average molecular weight is 157 g/mol. The van der Waals surface area contributed by atoms with Crippen molar-refractivity contribution in [1.29, 1.82) is 5.53 Å². The second-order valence-electron chi connectivity index (χ2n) is 1.57. The normalized spacial score (nSPS) is 8.90. The maximum Gasteiger partial charge on any atom is 0.154 e. The number of hydrogen-bond acceptors (Lipinski definition) is 3. The fourth-order valence-electron chi connectivity index (χ4n) is 0.530. The van der Waals surface area contributed by atoms with Gasteiger partial charge in [-0.25, -0.2) is 4.98 Å². The summed E-state index contributed by atoms with van der Waals surface area (Å²) < 4.78 is 0. The van der Waals surface area contributed by atoms with Crippen LogP contribution in [0, 0.1) is 5.53 Å². The number of nitrogens with zero attached hydrogens (tertiary/aromatic N) is 2. The molecular weight excluding hydrogens is 152 g/mol. The molecule has 0 saturated carbocycles. The predicted octanol–water partition coefficient (Wildman–Crippen LogP) is 2.09. The quantitative estimate of drug-likeness (QED) is 0.391. The number of pyridine rings is 1. The van der Waals surface area contributed by atoms with Crippen molar-refractivity contribution in [3.05, 3.63) is 23.5 Å². The van der Waals surface area contributed by atoms with E-state index in [2.05, 4.69) is 15.6 Å². The summed E-state index contributed by atoms with van der Waals surface area (Å²) in [7, 11) is 0. The van der Waals surface area contributed by atoms with Crippen LogP contribution in [0.4, 0.5) is 5.69 Å². The molecule has 0 spiro atoms. The number of hydrogen-bond donors (Lipinski definition) is 2. The third-order valence-electron chi connectivity index (χ3n) is 0.935. The van der Waals surface area contributed by atoms with Gasteiger partial charge in [0.15, 0.2) is 5.15 Å². The molecule has 5 heteroatoms. The van der Waals surface area contributed by atoms with Gasteiger partial charge in [-0.15, -0.1) is 0 Å². The van der Waals surface area contributed by atoms with E-state index in [0.717, 1.165) is 0 Å². The first-order valence-electron chi connectivity index (χ1n) is 2.57. The molecule has 0 unspecified atom stereocenters. The lowest BCUT2D eigenvalue weighted by molar-refractivity contribution is 1.05. The van der Waals surface area contributed by atoms with Gasteiger partial charge in [0.1, 0.15) is 0 Å². The fourth-order valence-corrected chi connectivity index (χ4v) is 0.691. The molecular formula is C5H5ClN4. The molecule has 0 aliphatic carbocycles. The van der Waals surface area contributed by atoms with Crippen LogP contribution < -0.4 is 5.43 Å². The molecule has 0 atom stereocenters.